The van der Waals surface area contributed by atoms with E-state index in [-0.39, 0.29) is 6.09 Å². The van der Waals surface area contributed by atoms with Crippen LogP contribution in [0.25, 0.3) is 0 Å². The van der Waals surface area contributed by atoms with E-state index in [1.807, 2.05) is 17.9 Å². The topological polar surface area (TPSA) is 68.2 Å². The van der Waals surface area contributed by atoms with Gasteiger partial charge in [0.05, 0.1) is 24.2 Å². The lowest BCUT2D eigenvalue weighted by Gasteiger charge is -2.24. The molecule has 106 valence electrons. The highest BCUT2D eigenvalue weighted by Crippen LogP contribution is 2.23. The van der Waals surface area contributed by atoms with Gasteiger partial charge in [0.2, 0.25) is 0 Å². The summed E-state index contributed by atoms with van der Waals surface area (Å²) in [5.41, 5.74) is 2.29. The molecule has 1 aromatic rings. The standard InChI is InChI=1S/C13H22N4O2/c1-3-4-5-19-13(18)15-8-10-6-12-11(14-7-10)9-16-17(12)2/h9-10,14H,3-8H2,1-2H3,(H,15,18). The van der Waals surface area contributed by atoms with Crippen LogP contribution in [-0.2, 0) is 18.2 Å². The van der Waals surface area contributed by atoms with E-state index in [2.05, 4.69) is 22.7 Å². The van der Waals surface area contributed by atoms with Crippen LogP contribution in [0.3, 0.4) is 0 Å². The van der Waals surface area contributed by atoms with Crippen molar-refractivity contribution in [3.8, 4) is 0 Å². The molecule has 0 saturated carbocycles. The maximum Gasteiger partial charge on any atom is 0.407 e. The second-order valence-corrected chi connectivity index (χ2v) is 4.95. The molecule has 1 aliphatic rings. The van der Waals surface area contributed by atoms with Crippen molar-refractivity contribution in [2.75, 3.05) is 25.0 Å². The number of unbranched alkanes of at least 4 members (excludes halogenated alkanes) is 1. The first-order valence-electron chi connectivity index (χ1n) is 6.86. The Labute approximate surface area is 113 Å². The summed E-state index contributed by atoms with van der Waals surface area (Å²) < 4.78 is 6.95. The van der Waals surface area contributed by atoms with E-state index in [4.69, 9.17) is 4.74 Å². The van der Waals surface area contributed by atoms with Crippen molar-refractivity contribution in [3.63, 3.8) is 0 Å². The van der Waals surface area contributed by atoms with Crippen molar-refractivity contribution in [1.29, 1.82) is 0 Å². The molecular weight excluding hydrogens is 244 g/mol. The minimum atomic E-state index is -0.316. The van der Waals surface area contributed by atoms with Crippen LogP contribution in [0.1, 0.15) is 25.5 Å². The second kappa shape index (κ2) is 6.45. The lowest BCUT2D eigenvalue weighted by molar-refractivity contribution is 0.143. The van der Waals surface area contributed by atoms with Crippen molar-refractivity contribution in [3.05, 3.63) is 11.9 Å². The summed E-state index contributed by atoms with van der Waals surface area (Å²) in [5, 5.41) is 10.4. The third kappa shape index (κ3) is 3.62. The first kappa shape index (κ1) is 13.7. The number of amides is 1. The molecule has 2 rings (SSSR count). The fourth-order valence-corrected chi connectivity index (χ4v) is 2.18. The number of alkyl carbamates (subject to hydrolysis) is 1. The summed E-state index contributed by atoms with van der Waals surface area (Å²) in [6.45, 7) is 4.05. The molecule has 1 aliphatic heterocycles. The number of hydrogen-bond donors (Lipinski definition) is 2. The van der Waals surface area contributed by atoms with Crippen LogP contribution >= 0.6 is 0 Å². The number of anilines is 1. The number of aromatic nitrogens is 2. The van der Waals surface area contributed by atoms with Crippen LogP contribution < -0.4 is 10.6 Å². The van der Waals surface area contributed by atoms with Gasteiger partial charge in [-0.15, -0.1) is 0 Å². The van der Waals surface area contributed by atoms with Crippen molar-refractivity contribution >= 4 is 11.8 Å². The number of nitrogens with one attached hydrogen (secondary N) is 2. The molecule has 0 fully saturated rings. The normalized spacial score (nSPS) is 17.5. The molecule has 1 aromatic heterocycles. The van der Waals surface area contributed by atoms with E-state index in [1.54, 1.807) is 0 Å². The SMILES string of the molecule is CCCCOC(=O)NCC1CNc2cnn(C)c2C1. The second-order valence-electron chi connectivity index (χ2n) is 4.95. The van der Waals surface area contributed by atoms with E-state index in [9.17, 15) is 4.79 Å². The molecular formula is C13H22N4O2. The van der Waals surface area contributed by atoms with Crippen LogP contribution in [0.15, 0.2) is 6.20 Å². The third-order valence-corrected chi connectivity index (χ3v) is 3.39. The van der Waals surface area contributed by atoms with Crippen LogP contribution in [0.5, 0.6) is 0 Å². The summed E-state index contributed by atoms with van der Waals surface area (Å²) in [6, 6.07) is 0. The average molecular weight is 266 g/mol. The van der Waals surface area contributed by atoms with Gasteiger partial charge >= 0.3 is 6.09 Å². The Bertz CT molecular complexity index is 430. The predicted octanol–water partition coefficient (Wildman–Crippen LogP) is 1.53. The van der Waals surface area contributed by atoms with Gasteiger partial charge in [-0.2, -0.15) is 5.10 Å². The molecule has 0 saturated heterocycles. The Morgan fingerprint density at radius 2 is 2.53 bits per heavy atom. The molecule has 2 heterocycles. The highest BCUT2D eigenvalue weighted by Gasteiger charge is 2.21. The van der Waals surface area contributed by atoms with E-state index >= 15 is 0 Å². The average Bonchev–Trinajstić information content (AvgIpc) is 2.78. The van der Waals surface area contributed by atoms with Gasteiger partial charge in [-0.05, 0) is 18.8 Å². The molecule has 19 heavy (non-hydrogen) atoms. The first-order valence-corrected chi connectivity index (χ1v) is 6.86. The third-order valence-electron chi connectivity index (χ3n) is 3.39. The van der Waals surface area contributed by atoms with E-state index < -0.39 is 0 Å². The van der Waals surface area contributed by atoms with Gasteiger partial charge in [-0.3, -0.25) is 4.68 Å². The zero-order chi connectivity index (χ0) is 13.7. The molecule has 0 bridgehead atoms. The van der Waals surface area contributed by atoms with Gasteiger partial charge in [-0.25, -0.2) is 4.79 Å². The lowest BCUT2D eigenvalue weighted by Crippen LogP contribution is -2.36. The molecule has 6 nitrogen and oxygen atoms in total. The maximum atomic E-state index is 11.5. The van der Waals surface area contributed by atoms with Crippen LogP contribution in [0, 0.1) is 5.92 Å². The first-order chi connectivity index (χ1) is 9.20. The minimum Gasteiger partial charge on any atom is -0.450 e. The Balaban J connectivity index is 1.73. The molecule has 1 unspecified atom stereocenters. The summed E-state index contributed by atoms with van der Waals surface area (Å²) in [6.07, 6.45) is 4.40. The Kier molecular flexibility index (Phi) is 4.65. The smallest absolute Gasteiger partial charge is 0.407 e. The van der Waals surface area contributed by atoms with Crippen LogP contribution in [0.2, 0.25) is 0 Å². The van der Waals surface area contributed by atoms with Crippen molar-refractivity contribution < 1.29 is 9.53 Å². The van der Waals surface area contributed by atoms with Gasteiger partial charge < -0.3 is 15.4 Å². The van der Waals surface area contributed by atoms with E-state index in [0.29, 0.717) is 19.1 Å². The Hall–Kier alpha value is -1.72. The highest BCUT2D eigenvalue weighted by atomic mass is 16.5. The maximum absolute atomic E-state index is 11.5. The predicted molar refractivity (Wildman–Crippen MR) is 73.2 cm³/mol. The number of ether oxygens (including phenoxy) is 1. The van der Waals surface area contributed by atoms with Crippen molar-refractivity contribution in [2.45, 2.75) is 26.2 Å². The fourth-order valence-electron chi connectivity index (χ4n) is 2.18. The molecule has 0 radical (unpaired) electrons. The zero-order valence-electron chi connectivity index (χ0n) is 11.6. The van der Waals surface area contributed by atoms with Gasteiger partial charge in [0, 0.05) is 20.1 Å². The summed E-state index contributed by atoms with van der Waals surface area (Å²) >= 11 is 0. The Morgan fingerprint density at radius 3 is 3.32 bits per heavy atom. The van der Waals surface area contributed by atoms with Gasteiger partial charge in [0.1, 0.15) is 0 Å². The molecule has 2 N–H and O–H groups in total. The van der Waals surface area contributed by atoms with Gasteiger partial charge in [0.25, 0.3) is 0 Å². The number of rotatable bonds is 5. The van der Waals surface area contributed by atoms with Crippen LogP contribution in [-0.4, -0.2) is 35.6 Å². The van der Waals surface area contributed by atoms with Crippen LogP contribution in [0.4, 0.5) is 10.5 Å². The largest absolute Gasteiger partial charge is 0.450 e. The minimum absolute atomic E-state index is 0.316. The zero-order valence-corrected chi connectivity index (χ0v) is 11.6. The molecule has 6 heteroatoms. The fraction of sp³-hybridized carbons (Fsp3) is 0.692. The van der Waals surface area contributed by atoms with E-state index in [1.165, 1.54) is 5.69 Å². The quantitative estimate of drug-likeness (QED) is 0.793. The summed E-state index contributed by atoms with van der Waals surface area (Å²) in [7, 11) is 1.94. The molecule has 0 aliphatic carbocycles. The molecule has 1 atom stereocenters. The molecule has 1 amide bonds. The number of carbonyl (C=O) groups excluding carboxylic acids is 1. The highest BCUT2D eigenvalue weighted by molar-refractivity contribution is 5.67. The number of fused-ring (bicyclic) bond motifs is 1. The van der Waals surface area contributed by atoms with Crippen molar-refractivity contribution in [2.24, 2.45) is 13.0 Å². The number of nitrogens with zero attached hydrogens (tertiary/aromatic N) is 2. The monoisotopic (exact) mass is 266 g/mol. The number of carbonyl (C=O) groups is 1. The van der Waals surface area contributed by atoms with E-state index in [0.717, 1.165) is 31.5 Å². The van der Waals surface area contributed by atoms with Crippen molar-refractivity contribution in [1.82, 2.24) is 15.1 Å². The molecule has 0 spiro atoms. The summed E-state index contributed by atoms with van der Waals surface area (Å²) in [5.74, 6) is 0.377. The number of hydrogen-bond acceptors (Lipinski definition) is 4. The lowest BCUT2D eigenvalue weighted by atomic mass is 9.99. The van der Waals surface area contributed by atoms with Gasteiger partial charge in [-0.1, -0.05) is 13.3 Å². The Morgan fingerprint density at radius 1 is 1.68 bits per heavy atom. The molecule has 0 aromatic carbocycles. The van der Waals surface area contributed by atoms with Gasteiger partial charge in [0.15, 0.2) is 0 Å². The summed E-state index contributed by atoms with van der Waals surface area (Å²) in [4.78, 5) is 11.5. The number of aryl methyl sites for hydroxylation is 1.